The monoisotopic (exact) mass is 355 g/mol. The number of carbonyl (C=O) groups is 1. The topological polar surface area (TPSA) is 49.8 Å². The van der Waals surface area contributed by atoms with Crippen LogP contribution in [0.25, 0.3) is 11.1 Å². The van der Waals surface area contributed by atoms with Gasteiger partial charge in [0, 0.05) is 6.54 Å². The van der Waals surface area contributed by atoms with Crippen molar-refractivity contribution in [1.29, 1.82) is 0 Å². The molecule has 3 fully saturated rings. The summed E-state index contributed by atoms with van der Waals surface area (Å²) in [4.78, 5) is 14.9. The largest absolute Gasteiger partial charge is 0.459 e. The van der Waals surface area contributed by atoms with E-state index in [1.165, 1.54) is 18.2 Å². The van der Waals surface area contributed by atoms with Crippen LogP contribution in [-0.4, -0.2) is 41.7 Å². The van der Waals surface area contributed by atoms with Crippen LogP contribution in [0.3, 0.4) is 0 Å². The van der Waals surface area contributed by atoms with Crippen molar-refractivity contribution in [3.63, 3.8) is 0 Å². The smallest absolute Gasteiger partial charge is 0.340 e. The van der Waals surface area contributed by atoms with Crippen molar-refractivity contribution in [3.05, 3.63) is 59.9 Å². The number of fused-ring (bicyclic) bond motifs is 3. The third-order valence-electron chi connectivity index (χ3n) is 5.48. The first-order valence-corrected chi connectivity index (χ1v) is 9.07. The van der Waals surface area contributed by atoms with Crippen LogP contribution in [0.2, 0.25) is 0 Å². The Hall–Kier alpha value is -2.24. The van der Waals surface area contributed by atoms with Crippen molar-refractivity contribution in [2.24, 2.45) is 5.92 Å². The first-order valence-electron chi connectivity index (χ1n) is 9.07. The Morgan fingerprint density at radius 3 is 2.54 bits per heavy atom. The average molecular weight is 355 g/mol. The second kappa shape index (κ2) is 7.17. The van der Waals surface area contributed by atoms with Gasteiger partial charge in [0.1, 0.15) is 11.9 Å². The van der Waals surface area contributed by atoms with Gasteiger partial charge in [-0.1, -0.05) is 36.4 Å². The van der Waals surface area contributed by atoms with Gasteiger partial charge in [-0.15, -0.1) is 0 Å². The highest BCUT2D eigenvalue weighted by Crippen LogP contribution is 2.33. The van der Waals surface area contributed by atoms with Gasteiger partial charge in [-0.3, -0.25) is 4.90 Å². The minimum atomic E-state index is -1.43. The summed E-state index contributed by atoms with van der Waals surface area (Å²) in [6, 6.07) is 13.2. The van der Waals surface area contributed by atoms with Crippen LogP contribution in [-0.2, 0) is 9.53 Å². The number of rotatable bonds is 4. The molecule has 136 valence electrons. The van der Waals surface area contributed by atoms with Gasteiger partial charge in [0.15, 0.2) is 6.10 Å². The highest BCUT2D eigenvalue weighted by atomic mass is 19.1. The maximum atomic E-state index is 13.8. The molecule has 3 aliphatic heterocycles. The normalized spacial score (nSPS) is 25.7. The predicted octanol–water partition coefficient (Wildman–Crippen LogP) is 3.16. The van der Waals surface area contributed by atoms with Crippen LogP contribution < -0.4 is 0 Å². The second-order valence-corrected chi connectivity index (χ2v) is 7.11. The van der Waals surface area contributed by atoms with Crippen molar-refractivity contribution < 1.29 is 19.0 Å². The molecule has 3 aliphatic rings. The number of hydrogen-bond donors (Lipinski definition) is 1. The number of aliphatic hydroxyl groups is 1. The van der Waals surface area contributed by atoms with E-state index in [0.29, 0.717) is 17.0 Å². The molecule has 0 radical (unpaired) electrons. The lowest BCUT2D eigenvalue weighted by Crippen LogP contribution is -2.52. The lowest BCUT2D eigenvalue weighted by Gasteiger charge is -2.44. The Bertz CT molecular complexity index is 787. The molecule has 26 heavy (non-hydrogen) atoms. The fraction of sp³-hybridized carbons (Fsp3) is 0.381. The molecule has 5 rings (SSSR count). The number of nitrogens with zero attached hydrogens (tertiary/aromatic N) is 1. The van der Waals surface area contributed by atoms with Crippen molar-refractivity contribution in [3.8, 4) is 11.1 Å². The molecule has 0 amide bonds. The summed E-state index contributed by atoms with van der Waals surface area (Å²) in [5.74, 6) is -0.698. The van der Waals surface area contributed by atoms with Crippen molar-refractivity contribution in [2.75, 3.05) is 19.6 Å². The van der Waals surface area contributed by atoms with E-state index in [4.69, 9.17) is 4.74 Å². The highest BCUT2D eigenvalue weighted by Gasteiger charge is 2.37. The van der Waals surface area contributed by atoms with Crippen molar-refractivity contribution in [2.45, 2.75) is 25.0 Å². The number of piperidine rings is 3. The quantitative estimate of drug-likeness (QED) is 0.856. The molecule has 5 heteroatoms. The van der Waals surface area contributed by atoms with Crippen LogP contribution in [0.4, 0.5) is 4.39 Å². The maximum absolute atomic E-state index is 13.8. The van der Waals surface area contributed by atoms with E-state index in [-0.39, 0.29) is 6.10 Å². The van der Waals surface area contributed by atoms with Crippen molar-refractivity contribution in [1.82, 2.24) is 4.90 Å². The zero-order chi connectivity index (χ0) is 18.1. The summed E-state index contributed by atoms with van der Waals surface area (Å²) in [5.41, 5.74) is 1.62. The van der Waals surface area contributed by atoms with Gasteiger partial charge >= 0.3 is 5.97 Å². The molecule has 2 atom stereocenters. The second-order valence-electron chi connectivity index (χ2n) is 7.11. The minimum Gasteiger partial charge on any atom is -0.459 e. The number of aliphatic hydroxyl groups excluding tert-OH is 1. The molecule has 2 bridgehead atoms. The Morgan fingerprint density at radius 2 is 1.88 bits per heavy atom. The fourth-order valence-electron chi connectivity index (χ4n) is 4.02. The van der Waals surface area contributed by atoms with E-state index in [9.17, 15) is 14.3 Å². The third kappa shape index (κ3) is 3.37. The summed E-state index contributed by atoms with van der Waals surface area (Å²) >= 11 is 0. The molecule has 3 heterocycles. The first kappa shape index (κ1) is 17.2. The number of hydrogen-bond acceptors (Lipinski definition) is 4. The molecule has 0 saturated carbocycles. The van der Waals surface area contributed by atoms with Gasteiger partial charge < -0.3 is 9.84 Å². The van der Waals surface area contributed by atoms with Crippen LogP contribution in [0.5, 0.6) is 0 Å². The van der Waals surface area contributed by atoms with Gasteiger partial charge in [-0.25, -0.2) is 9.18 Å². The van der Waals surface area contributed by atoms with Gasteiger partial charge in [-0.2, -0.15) is 0 Å². The van der Waals surface area contributed by atoms with Gasteiger partial charge in [0.25, 0.3) is 0 Å². The zero-order valence-corrected chi connectivity index (χ0v) is 14.5. The maximum Gasteiger partial charge on any atom is 0.340 e. The summed E-state index contributed by atoms with van der Waals surface area (Å²) in [7, 11) is 0. The molecule has 4 nitrogen and oxygen atoms in total. The SMILES string of the molecule is O=C(O[C@H]1CN2CCC1CC2)[C@H](O)c1ccc(F)cc1-c1ccccc1. The molecule has 1 N–H and O–H groups in total. The lowest BCUT2D eigenvalue weighted by atomic mass is 9.86. The predicted molar refractivity (Wildman–Crippen MR) is 95.8 cm³/mol. The Kier molecular flexibility index (Phi) is 4.74. The van der Waals surface area contributed by atoms with E-state index >= 15 is 0 Å². The lowest BCUT2D eigenvalue weighted by molar-refractivity contribution is -0.169. The highest BCUT2D eigenvalue weighted by molar-refractivity contribution is 5.81. The van der Waals surface area contributed by atoms with E-state index in [2.05, 4.69) is 4.90 Å². The van der Waals surface area contributed by atoms with Crippen molar-refractivity contribution >= 4 is 5.97 Å². The Labute approximate surface area is 152 Å². The molecular weight excluding hydrogens is 333 g/mol. The molecule has 0 aliphatic carbocycles. The van der Waals surface area contributed by atoms with Crippen LogP contribution in [0.15, 0.2) is 48.5 Å². The number of carbonyl (C=O) groups excluding carboxylic acids is 1. The standard InChI is InChI=1S/C21H22FNO3/c22-16-6-7-17(18(12-16)14-4-2-1-3-5-14)20(24)21(25)26-19-13-23-10-8-15(19)9-11-23/h1-7,12,15,19-20,24H,8-11,13H2/t19-,20+/m0/s1. The zero-order valence-electron chi connectivity index (χ0n) is 14.5. The third-order valence-corrected chi connectivity index (χ3v) is 5.48. The minimum absolute atomic E-state index is 0.166. The average Bonchev–Trinajstić information content (AvgIpc) is 2.69. The summed E-state index contributed by atoms with van der Waals surface area (Å²) < 4.78 is 19.4. The Balaban J connectivity index is 1.56. The van der Waals surface area contributed by atoms with Crippen LogP contribution in [0, 0.1) is 11.7 Å². The summed E-state index contributed by atoms with van der Waals surface area (Å²) in [6.07, 6.45) is 0.459. The van der Waals surface area contributed by atoms with Gasteiger partial charge in [0.05, 0.1) is 0 Å². The van der Waals surface area contributed by atoms with E-state index < -0.39 is 17.9 Å². The molecule has 0 unspecified atom stereocenters. The number of benzene rings is 2. The molecule has 2 aromatic carbocycles. The van der Waals surface area contributed by atoms with Gasteiger partial charge in [0.2, 0.25) is 0 Å². The van der Waals surface area contributed by atoms with E-state index in [0.717, 1.165) is 38.0 Å². The number of ether oxygens (including phenoxy) is 1. The Morgan fingerprint density at radius 1 is 1.15 bits per heavy atom. The summed E-state index contributed by atoms with van der Waals surface area (Å²) in [6.45, 7) is 2.84. The first-order chi connectivity index (χ1) is 12.6. The molecular formula is C21H22FNO3. The van der Waals surface area contributed by atoms with E-state index in [1.54, 1.807) is 0 Å². The van der Waals surface area contributed by atoms with Crippen LogP contribution >= 0.6 is 0 Å². The summed E-state index contributed by atoms with van der Waals surface area (Å²) in [5, 5.41) is 10.6. The van der Waals surface area contributed by atoms with Gasteiger partial charge in [-0.05, 0) is 60.7 Å². The molecule has 0 spiro atoms. The number of esters is 1. The molecule has 2 aromatic rings. The van der Waals surface area contributed by atoms with E-state index in [1.807, 2.05) is 30.3 Å². The molecule has 3 saturated heterocycles. The fourth-order valence-corrected chi connectivity index (χ4v) is 4.02. The van der Waals surface area contributed by atoms with Crippen LogP contribution in [0.1, 0.15) is 24.5 Å². The number of halogens is 1. The molecule has 0 aromatic heterocycles.